The molecule has 1 aliphatic heterocycles. The van der Waals surface area contributed by atoms with Gasteiger partial charge in [-0.2, -0.15) is 0 Å². The molecule has 0 aromatic carbocycles. The van der Waals surface area contributed by atoms with E-state index in [0.717, 1.165) is 5.54 Å². The van der Waals surface area contributed by atoms with Crippen molar-refractivity contribution in [3.05, 3.63) is 39.2 Å². The molecule has 0 amide bonds. The van der Waals surface area contributed by atoms with Crippen LogP contribution in [0.15, 0.2) is 39.2 Å². The fourth-order valence-electron chi connectivity index (χ4n) is 6.25. The molecule has 0 spiro atoms. The van der Waals surface area contributed by atoms with Crippen LogP contribution in [0.4, 0.5) is 0 Å². The first-order chi connectivity index (χ1) is 10.9. The quantitative estimate of drug-likeness (QED) is 0.490. The predicted molar refractivity (Wildman–Crippen MR) is 98.5 cm³/mol. The van der Waals surface area contributed by atoms with Gasteiger partial charge in [0.25, 0.3) is 0 Å². The Bertz CT molecular complexity index is 657. The van der Waals surface area contributed by atoms with Crippen molar-refractivity contribution < 1.29 is 48.0 Å². The van der Waals surface area contributed by atoms with Crippen LogP contribution in [0.5, 0.6) is 0 Å². The molecule has 1 saturated carbocycles. The molecule has 136 valence electrons. The molecule has 1 fully saturated rings. The van der Waals surface area contributed by atoms with Gasteiger partial charge in [-0.25, -0.2) is 0 Å². The van der Waals surface area contributed by atoms with Gasteiger partial charge in [0, 0.05) is 0 Å². The Morgan fingerprint density at radius 2 is 1.20 bits per heavy atom. The molecule has 4 rings (SSSR count). The molecule has 1 heterocycles. The summed E-state index contributed by atoms with van der Waals surface area (Å²) in [6.07, 6.45) is 10.1. The molecule has 4 aliphatic rings. The first-order valence-electron chi connectivity index (χ1n) is 9.52. The van der Waals surface area contributed by atoms with Crippen LogP contribution in [0.2, 0.25) is 12.1 Å². The number of rotatable bonds is 1. The maximum Gasteiger partial charge on any atom is -1.00 e. The zero-order chi connectivity index (χ0) is 16.4. The van der Waals surface area contributed by atoms with E-state index in [1.807, 2.05) is 17.0 Å². The maximum atomic E-state index is 2.77. The van der Waals surface area contributed by atoms with Gasteiger partial charge >= 0.3 is 155 Å². The molecule has 3 aliphatic carbocycles. The number of hydrogen-bond acceptors (Lipinski definition) is 0. The molecular formula is C21H30Cl2SiZr. The molecule has 0 nitrogen and oxygen atoms in total. The Morgan fingerprint density at radius 3 is 1.64 bits per heavy atom. The van der Waals surface area contributed by atoms with Gasteiger partial charge in [-0.3, -0.25) is 0 Å². The smallest absolute Gasteiger partial charge is 1.00 e. The van der Waals surface area contributed by atoms with Gasteiger partial charge in [0.05, 0.1) is 0 Å². The van der Waals surface area contributed by atoms with E-state index >= 15 is 0 Å². The van der Waals surface area contributed by atoms with E-state index in [4.69, 9.17) is 0 Å². The second kappa shape index (κ2) is 7.94. The number of halogens is 2. The number of hydrogen-bond donors (Lipinski definition) is 0. The minimum Gasteiger partial charge on any atom is -1.00 e. The van der Waals surface area contributed by atoms with Crippen LogP contribution in [-0.2, 0) is 23.2 Å². The average molecular weight is 473 g/mol. The van der Waals surface area contributed by atoms with Gasteiger partial charge in [0.2, 0.25) is 0 Å². The Kier molecular flexibility index (Phi) is 6.97. The summed E-state index contributed by atoms with van der Waals surface area (Å²) in [6, 6.07) is 0. The summed E-state index contributed by atoms with van der Waals surface area (Å²) in [7, 11) is -1.58. The predicted octanol–water partition coefficient (Wildman–Crippen LogP) is 0.570. The normalized spacial score (nSPS) is 25.2. The molecule has 0 aromatic rings. The van der Waals surface area contributed by atoms with Crippen LogP contribution in [-0.4, -0.2) is 8.07 Å². The molecule has 4 bridgehead atoms. The third-order valence-electron chi connectivity index (χ3n) is 7.15. The van der Waals surface area contributed by atoms with Crippen LogP contribution in [0.1, 0.15) is 72.6 Å². The van der Waals surface area contributed by atoms with Crippen LogP contribution < -0.4 is 24.8 Å². The summed E-state index contributed by atoms with van der Waals surface area (Å²) in [4.78, 5) is 0. The zero-order valence-corrected chi connectivity index (χ0v) is 21.3. The largest absolute Gasteiger partial charge is 1.00 e. The molecule has 0 atom stereocenters. The Labute approximate surface area is 179 Å². The second-order valence-electron chi connectivity index (χ2n) is 8.53. The minimum absolute atomic E-state index is 0. The topological polar surface area (TPSA) is 0 Å². The van der Waals surface area contributed by atoms with Crippen molar-refractivity contribution in [2.24, 2.45) is 0 Å². The van der Waals surface area contributed by atoms with Crippen LogP contribution in [0, 0.1) is 0 Å². The Balaban J connectivity index is 0.00000113. The van der Waals surface area contributed by atoms with Crippen LogP contribution in [0.3, 0.4) is 0 Å². The van der Waals surface area contributed by atoms with Crippen molar-refractivity contribution in [2.45, 2.75) is 84.7 Å². The fraction of sp³-hybridized carbons (Fsp3) is 0.619. The molecule has 0 radical (unpaired) electrons. The zero-order valence-electron chi connectivity index (χ0n) is 16.3. The van der Waals surface area contributed by atoms with E-state index in [-0.39, 0.29) is 24.8 Å². The second-order valence-corrected chi connectivity index (χ2v) is 16.3. The minimum atomic E-state index is -1.58. The van der Waals surface area contributed by atoms with E-state index in [1.165, 1.54) is 44.9 Å². The summed E-state index contributed by atoms with van der Waals surface area (Å²) in [6.45, 7) is 12.7. The van der Waals surface area contributed by atoms with Crippen LogP contribution in [0.25, 0.3) is 0 Å². The molecule has 0 aromatic heterocycles. The van der Waals surface area contributed by atoms with E-state index in [9.17, 15) is 0 Å². The first-order valence-corrected chi connectivity index (χ1v) is 14.6. The molecule has 0 saturated heterocycles. The summed E-state index contributed by atoms with van der Waals surface area (Å²) >= 11 is -0.496. The SMILES string of the molecule is CC1=C2C(C)=[C](C1)[Zr+2][C]1=C(C)C(=C(C)C1)[Si]2(C)C1CCCCC1.[Cl-].[Cl-]. The van der Waals surface area contributed by atoms with Gasteiger partial charge in [-0.05, 0) is 0 Å². The first kappa shape index (κ1) is 21.9. The van der Waals surface area contributed by atoms with Crippen molar-refractivity contribution in [3.63, 3.8) is 0 Å². The molecule has 4 heteroatoms. The van der Waals surface area contributed by atoms with Gasteiger partial charge in [0.1, 0.15) is 0 Å². The third kappa shape index (κ3) is 3.22. The van der Waals surface area contributed by atoms with E-state index in [0.29, 0.717) is 0 Å². The third-order valence-corrected chi connectivity index (χ3v) is 17.2. The fourth-order valence-corrected chi connectivity index (χ4v) is 17.5. The summed E-state index contributed by atoms with van der Waals surface area (Å²) in [5.74, 6) is 0. The number of allylic oxidation sites excluding steroid dienone is 8. The Morgan fingerprint density at radius 1 is 0.760 bits per heavy atom. The standard InChI is InChI=1S/C21H30Si.2ClH.Zr/c1-15-11-12-16(2)20(15)22(5,19-9-7-6-8-10-19)21-17(3)13-14-18(21)4;;;/h19H,6-11,13H2,1-5H3;2*1H;/q;;;+2/p-2. The van der Waals surface area contributed by atoms with Crippen molar-refractivity contribution in [2.75, 3.05) is 0 Å². The van der Waals surface area contributed by atoms with Gasteiger partial charge in [-0.1, -0.05) is 0 Å². The molecule has 0 unspecified atom stereocenters. The summed E-state index contributed by atoms with van der Waals surface area (Å²) in [5, 5.41) is 3.85. The maximum absolute atomic E-state index is 2.77. The van der Waals surface area contributed by atoms with Crippen molar-refractivity contribution in [1.82, 2.24) is 0 Å². The Hall–Kier alpha value is 0.640. The van der Waals surface area contributed by atoms with E-state index in [1.54, 1.807) is 22.3 Å². The van der Waals surface area contributed by atoms with Crippen molar-refractivity contribution in [3.8, 4) is 0 Å². The summed E-state index contributed by atoms with van der Waals surface area (Å²) < 4.78 is 3.86. The van der Waals surface area contributed by atoms with Crippen LogP contribution >= 0.6 is 0 Å². The molecular weight excluding hydrogens is 442 g/mol. The molecule has 0 N–H and O–H groups in total. The van der Waals surface area contributed by atoms with Crippen molar-refractivity contribution >= 4 is 8.07 Å². The van der Waals surface area contributed by atoms with E-state index < -0.39 is 31.3 Å². The summed E-state index contributed by atoms with van der Waals surface area (Å²) in [5.41, 5.74) is 8.15. The average Bonchev–Trinajstić information content (AvgIpc) is 2.98. The number of fused-ring (bicyclic) bond motifs is 2. The van der Waals surface area contributed by atoms with Gasteiger partial charge < -0.3 is 24.8 Å². The monoisotopic (exact) mass is 470 g/mol. The van der Waals surface area contributed by atoms with Gasteiger partial charge in [0.15, 0.2) is 0 Å². The molecule has 25 heavy (non-hydrogen) atoms. The van der Waals surface area contributed by atoms with Crippen molar-refractivity contribution in [1.29, 1.82) is 0 Å². The van der Waals surface area contributed by atoms with E-state index in [2.05, 4.69) is 34.2 Å². The van der Waals surface area contributed by atoms with Gasteiger partial charge in [-0.15, -0.1) is 0 Å².